The molecule has 3 heteroatoms. The maximum atomic E-state index is 5.35. The van der Waals surface area contributed by atoms with Crippen molar-refractivity contribution in [2.45, 2.75) is 19.3 Å². The Hall–Kier alpha value is -0.120. The molecule has 0 aromatic rings. The van der Waals surface area contributed by atoms with Crippen molar-refractivity contribution in [2.24, 2.45) is 0 Å². The molecule has 1 N–H and O–H groups in total. The first-order valence-electron chi connectivity index (χ1n) is 3.22. The standard InChI is InChI=1S/C6H13NO2/c1-5(8-2)9-6-3-7-4-6/h5-7H,3-4H2,1-2H3. The Balaban J connectivity index is 2.01. The first kappa shape index (κ1) is 6.99. The molecule has 1 atom stereocenters. The minimum absolute atomic E-state index is 0.0582. The van der Waals surface area contributed by atoms with Crippen LogP contribution in [0.1, 0.15) is 6.92 Å². The van der Waals surface area contributed by atoms with Crippen LogP contribution in [0.5, 0.6) is 0 Å². The van der Waals surface area contributed by atoms with Gasteiger partial charge in [0, 0.05) is 20.2 Å². The molecule has 0 saturated carbocycles. The fourth-order valence-corrected chi connectivity index (χ4v) is 0.685. The summed E-state index contributed by atoms with van der Waals surface area (Å²) in [5.41, 5.74) is 0. The van der Waals surface area contributed by atoms with Gasteiger partial charge in [0.2, 0.25) is 0 Å². The topological polar surface area (TPSA) is 30.5 Å². The van der Waals surface area contributed by atoms with Crippen molar-refractivity contribution in [3.8, 4) is 0 Å². The molecule has 1 aliphatic heterocycles. The van der Waals surface area contributed by atoms with E-state index in [1.807, 2.05) is 6.92 Å². The van der Waals surface area contributed by atoms with Crippen LogP contribution in [-0.4, -0.2) is 32.6 Å². The fourth-order valence-electron chi connectivity index (χ4n) is 0.685. The highest BCUT2D eigenvalue weighted by molar-refractivity contribution is 4.74. The monoisotopic (exact) mass is 131 g/mol. The van der Waals surface area contributed by atoms with E-state index < -0.39 is 0 Å². The van der Waals surface area contributed by atoms with Gasteiger partial charge in [-0.1, -0.05) is 0 Å². The Morgan fingerprint density at radius 3 is 2.56 bits per heavy atom. The summed E-state index contributed by atoms with van der Waals surface area (Å²) >= 11 is 0. The summed E-state index contributed by atoms with van der Waals surface area (Å²) in [6.45, 7) is 3.83. The van der Waals surface area contributed by atoms with Crippen molar-refractivity contribution < 1.29 is 9.47 Å². The van der Waals surface area contributed by atoms with Gasteiger partial charge in [0.15, 0.2) is 6.29 Å². The summed E-state index contributed by atoms with van der Waals surface area (Å²) in [6.07, 6.45) is 0.317. The van der Waals surface area contributed by atoms with Gasteiger partial charge in [-0.05, 0) is 6.92 Å². The van der Waals surface area contributed by atoms with Crippen LogP contribution >= 0.6 is 0 Å². The Morgan fingerprint density at radius 1 is 1.56 bits per heavy atom. The maximum Gasteiger partial charge on any atom is 0.154 e. The van der Waals surface area contributed by atoms with Crippen molar-refractivity contribution in [3.63, 3.8) is 0 Å². The first-order valence-corrected chi connectivity index (χ1v) is 3.22. The Kier molecular flexibility index (Phi) is 2.45. The molecule has 1 aliphatic rings. The van der Waals surface area contributed by atoms with E-state index in [1.54, 1.807) is 7.11 Å². The molecule has 1 unspecified atom stereocenters. The fraction of sp³-hybridized carbons (Fsp3) is 1.00. The smallest absolute Gasteiger partial charge is 0.154 e. The largest absolute Gasteiger partial charge is 0.356 e. The van der Waals surface area contributed by atoms with Crippen LogP contribution in [0.25, 0.3) is 0 Å². The van der Waals surface area contributed by atoms with Crippen molar-refractivity contribution in [3.05, 3.63) is 0 Å². The molecule has 1 saturated heterocycles. The molecule has 0 radical (unpaired) electrons. The molecule has 0 bridgehead atoms. The molecule has 0 aromatic carbocycles. The Bertz CT molecular complexity index is 80.4. The molecule has 3 nitrogen and oxygen atoms in total. The molecule has 0 amide bonds. The van der Waals surface area contributed by atoms with Gasteiger partial charge in [-0.2, -0.15) is 0 Å². The van der Waals surface area contributed by atoms with Crippen LogP contribution in [0.4, 0.5) is 0 Å². The van der Waals surface area contributed by atoms with Crippen molar-refractivity contribution in [1.82, 2.24) is 5.32 Å². The van der Waals surface area contributed by atoms with Crippen LogP contribution < -0.4 is 5.32 Å². The van der Waals surface area contributed by atoms with E-state index in [9.17, 15) is 0 Å². The summed E-state index contributed by atoms with van der Waals surface area (Å²) in [5, 5.41) is 3.11. The molecule has 54 valence electrons. The van der Waals surface area contributed by atoms with Gasteiger partial charge in [0.25, 0.3) is 0 Å². The number of nitrogens with one attached hydrogen (secondary N) is 1. The van der Waals surface area contributed by atoms with E-state index in [0.29, 0.717) is 6.10 Å². The van der Waals surface area contributed by atoms with Crippen LogP contribution in [0.2, 0.25) is 0 Å². The zero-order valence-corrected chi connectivity index (χ0v) is 5.89. The Labute approximate surface area is 55.3 Å². The lowest BCUT2D eigenvalue weighted by molar-refractivity contribution is -0.154. The average molecular weight is 131 g/mol. The number of methoxy groups -OCH3 is 1. The second kappa shape index (κ2) is 3.15. The zero-order chi connectivity index (χ0) is 6.69. The first-order chi connectivity index (χ1) is 4.33. The maximum absolute atomic E-state index is 5.35. The number of hydrogen-bond acceptors (Lipinski definition) is 3. The molecule has 0 aliphatic carbocycles. The van der Waals surface area contributed by atoms with Crippen LogP contribution in [0.3, 0.4) is 0 Å². The van der Waals surface area contributed by atoms with Crippen LogP contribution in [0, 0.1) is 0 Å². The number of hydrogen-bond donors (Lipinski definition) is 1. The molecule has 1 heterocycles. The highest BCUT2D eigenvalue weighted by Gasteiger charge is 2.19. The van der Waals surface area contributed by atoms with Gasteiger partial charge in [-0.25, -0.2) is 0 Å². The molecule has 1 rings (SSSR count). The lowest BCUT2D eigenvalue weighted by Crippen LogP contribution is -2.49. The number of rotatable bonds is 3. The third kappa shape index (κ3) is 1.93. The normalized spacial score (nSPS) is 23.3. The van der Waals surface area contributed by atoms with E-state index in [4.69, 9.17) is 9.47 Å². The third-order valence-corrected chi connectivity index (χ3v) is 1.46. The van der Waals surface area contributed by atoms with Gasteiger partial charge in [-0.15, -0.1) is 0 Å². The predicted octanol–water partition coefficient (Wildman–Crippen LogP) is -0.0328. The van der Waals surface area contributed by atoms with E-state index in [-0.39, 0.29) is 6.29 Å². The summed E-state index contributed by atoms with van der Waals surface area (Å²) in [5.74, 6) is 0. The molecular weight excluding hydrogens is 118 g/mol. The van der Waals surface area contributed by atoms with Gasteiger partial charge in [-0.3, -0.25) is 0 Å². The minimum Gasteiger partial charge on any atom is -0.356 e. The second-order valence-electron chi connectivity index (χ2n) is 2.22. The SMILES string of the molecule is COC(C)OC1CNC1. The molecule has 9 heavy (non-hydrogen) atoms. The second-order valence-corrected chi connectivity index (χ2v) is 2.22. The predicted molar refractivity (Wildman–Crippen MR) is 34.2 cm³/mol. The molecular formula is C6H13NO2. The van der Waals surface area contributed by atoms with E-state index in [2.05, 4.69) is 5.32 Å². The van der Waals surface area contributed by atoms with Crippen molar-refractivity contribution >= 4 is 0 Å². The summed E-state index contributed by atoms with van der Waals surface area (Å²) in [4.78, 5) is 0. The van der Waals surface area contributed by atoms with Gasteiger partial charge < -0.3 is 14.8 Å². The zero-order valence-electron chi connectivity index (χ0n) is 5.89. The van der Waals surface area contributed by atoms with Crippen LogP contribution in [0.15, 0.2) is 0 Å². The third-order valence-electron chi connectivity index (χ3n) is 1.46. The lowest BCUT2D eigenvalue weighted by Gasteiger charge is -2.29. The van der Waals surface area contributed by atoms with E-state index >= 15 is 0 Å². The summed E-state index contributed by atoms with van der Waals surface area (Å²) < 4.78 is 10.3. The molecule has 1 fully saturated rings. The lowest BCUT2D eigenvalue weighted by atomic mass is 10.2. The van der Waals surface area contributed by atoms with Gasteiger partial charge in [0.05, 0.1) is 6.10 Å². The van der Waals surface area contributed by atoms with Gasteiger partial charge in [0.1, 0.15) is 0 Å². The summed E-state index contributed by atoms with van der Waals surface area (Å²) in [7, 11) is 1.65. The van der Waals surface area contributed by atoms with E-state index in [0.717, 1.165) is 13.1 Å². The summed E-state index contributed by atoms with van der Waals surface area (Å²) in [6, 6.07) is 0. The minimum atomic E-state index is -0.0582. The molecule has 0 spiro atoms. The average Bonchev–Trinajstić information content (AvgIpc) is 1.78. The highest BCUT2D eigenvalue weighted by atomic mass is 16.7. The Morgan fingerprint density at radius 2 is 2.22 bits per heavy atom. The van der Waals surface area contributed by atoms with Crippen molar-refractivity contribution in [2.75, 3.05) is 20.2 Å². The van der Waals surface area contributed by atoms with Crippen molar-refractivity contribution in [1.29, 1.82) is 0 Å². The quantitative estimate of drug-likeness (QED) is 0.545. The van der Waals surface area contributed by atoms with Gasteiger partial charge >= 0.3 is 0 Å². The molecule has 0 aromatic heterocycles. The van der Waals surface area contributed by atoms with Crippen LogP contribution in [-0.2, 0) is 9.47 Å². The van der Waals surface area contributed by atoms with E-state index in [1.165, 1.54) is 0 Å². The number of ether oxygens (including phenoxy) is 2. The highest BCUT2D eigenvalue weighted by Crippen LogP contribution is 2.02.